The number of benzene rings is 2. The molecule has 1 aliphatic rings. The van der Waals surface area contributed by atoms with Crippen LogP contribution in [0.4, 0.5) is 11.4 Å². The number of aromatic nitrogens is 2. The predicted octanol–water partition coefficient (Wildman–Crippen LogP) is 4.45. The van der Waals surface area contributed by atoms with Crippen LogP contribution in [0.1, 0.15) is 10.5 Å². The van der Waals surface area contributed by atoms with Crippen LogP contribution in [0, 0.1) is 0 Å². The molecule has 4 rings (SSSR count). The largest absolute Gasteiger partial charge is 0.369 e. The maximum absolute atomic E-state index is 12.7. The fourth-order valence-electron chi connectivity index (χ4n) is 3.31. The normalized spacial score (nSPS) is 14.6. The molecule has 0 unspecified atom stereocenters. The van der Waals surface area contributed by atoms with Crippen molar-refractivity contribution in [3.8, 4) is 11.3 Å². The molecular weight excluding hydrogens is 421 g/mol. The Hall–Kier alpha value is -2.67. The van der Waals surface area contributed by atoms with Crippen molar-refractivity contribution in [3.05, 3.63) is 70.6 Å². The van der Waals surface area contributed by atoms with Gasteiger partial charge in [-0.1, -0.05) is 29.3 Å². The second-order valence-corrected chi connectivity index (χ2v) is 8.02. The summed E-state index contributed by atoms with van der Waals surface area (Å²) in [6.45, 7) is 4.10. The molecule has 0 spiro atoms. The summed E-state index contributed by atoms with van der Waals surface area (Å²) < 4.78 is 0. The van der Waals surface area contributed by atoms with Gasteiger partial charge in [0.2, 0.25) is 0 Å². The van der Waals surface area contributed by atoms with Gasteiger partial charge in [-0.3, -0.25) is 4.79 Å². The Labute approximate surface area is 185 Å². The summed E-state index contributed by atoms with van der Waals surface area (Å²) in [4.78, 5) is 25.7. The van der Waals surface area contributed by atoms with Crippen LogP contribution in [0.3, 0.4) is 0 Å². The Morgan fingerprint density at radius 1 is 0.933 bits per heavy atom. The second-order valence-electron chi connectivity index (χ2n) is 7.21. The summed E-state index contributed by atoms with van der Waals surface area (Å²) in [5.41, 5.74) is 3.50. The zero-order valence-electron chi connectivity index (χ0n) is 16.5. The highest BCUT2D eigenvalue weighted by Crippen LogP contribution is 2.27. The number of nitrogens with one attached hydrogen (secondary N) is 1. The van der Waals surface area contributed by atoms with Gasteiger partial charge in [-0.15, -0.1) is 0 Å². The van der Waals surface area contributed by atoms with Crippen molar-refractivity contribution in [1.29, 1.82) is 0 Å². The van der Waals surface area contributed by atoms with E-state index in [1.165, 1.54) is 6.33 Å². The first-order valence-corrected chi connectivity index (χ1v) is 10.4. The van der Waals surface area contributed by atoms with Crippen LogP contribution in [-0.2, 0) is 0 Å². The molecule has 1 fully saturated rings. The van der Waals surface area contributed by atoms with Gasteiger partial charge in [0.25, 0.3) is 5.91 Å². The van der Waals surface area contributed by atoms with E-state index in [1.807, 2.05) is 24.3 Å². The summed E-state index contributed by atoms with van der Waals surface area (Å²) in [5, 5.41) is 3.79. The van der Waals surface area contributed by atoms with E-state index in [9.17, 15) is 4.79 Å². The molecule has 154 valence electrons. The van der Waals surface area contributed by atoms with Gasteiger partial charge < -0.3 is 15.1 Å². The van der Waals surface area contributed by atoms with Crippen LogP contribution in [0.5, 0.6) is 0 Å². The topological polar surface area (TPSA) is 61.4 Å². The van der Waals surface area contributed by atoms with Crippen LogP contribution in [0.25, 0.3) is 11.3 Å². The zero-order valence-corrected chi connectivity index (χ0v) is 18.0. The van der Waals surface area contributed by atoms with Crippen LogP contribution in [0.2, 0.25) is 10.0 Å². The minimum Gasteiger partial charge on any atom is -0.369 e. The molecule has 0 aliphatic carbocycles. The molecule has 0 radical (unpaired) electrons. The number of carbonyl (C=O) groups excluding carboxylic acids is 1. The van der Waals surface area contributed by atoms with E-state index in [2.05, 4.69) is 32.1 Å². The number of hydrogen-bond donors (Lipinski definition) is 1. The zero-order chi connectivity index (χ0) is 21.1. The maximum atomic E-state index is 12.7. The Morgan fingerprint density at radius 2 is 1.67 bits per heavy atom. The molecule has 1 saturated heterocycles. The van der Waals surface area contributed by atoms with Crippen molar-refractivity contribution in [2.45, 2.75) is 0 Å². The van der Waals surface area contributed by atoms with Gasteiger partial charge in [0.1, 0.15) is 12.0 Å². The lowest BCUT2D eigenvalue weighted by Gasteiger charge is -2.34. The first-order valence-electron chi connectivity index (χ1n) is 9.62. The van der Waals surface area contributed by atoms with E-state index in [0.717, 1.165) is 37.4 Å². The van der Waals surface area contributed by atoms with E-state index in [1.54, 1.807) is 24.3 Å². The number of rotatable bonds is 4. The molecule has 2 aromatic carbocycles. The quantitative estimate of drug-likeness (QED) is 0.647. The monoisotopic (exact) mass is 441 g/mol. The number of hydrogen-bond acceptors (Lipinski definition) is 5. The minimum absolute atomic E-state index is 0.272. The standard InChI is InChI=1S/C22H21Cl2N5O/c1-28-8-10-29(11-9-28)17-5-3-16(4-6-17)27-22(30)21-13-20(25-14-26-21)15-2-7-18(23)19(24)12-15/h2-7,12-14H,8-11H2,1H3,(H,27,30). The van der Waals surface area contributed by atoms with Crippen LogP contribution in [0.15, 0.2) is 54.9 Å². The molecule has 0 saturated carbocycles. The summed E-state index contributed by atoms with van der Waals surface area (Å²) in [6, 6.07) is 14.7. The van der Waals surface area contributed by atoms with E-state index < -0.39 is 0 Å². The predicted molar refractivity (Wildman–Crippen MR) is 122 cm³/mol. The van der Waals surface area contributed by atoms with E-state index in [0.29, 0.717) is 21.4 Å². The first kappa shape index (κ1) is 20.6. The number of nitrogens with zero attached hydrogens (tertiary/aromatic N) is 4. The van der Waals surface area contributed by atoms with Gasteiger partial charge in [-0.25, -0.2) is 9.97 Å². The lowest BCUT2D eigenvalue weighted by Crippen LogP contribution is -2.44. The Kier molecular flexibility index (Phi) is 6.18. The smallest absolute Gasteiger partial charge is 0.274 e. The van der Waals surface area contributed by atoms with Gasteiger partial charge in [-0.2, -0.15) is 0 Å². The number of piperazine rings is 1. The number of carbonyl (C=O) groups is 1. The van der Waals surface area contributed by atoms with Crippen molar-refractivity contribution in [3.63, 3.8) is 0 Å². The van der Waals surface area contributed by atoms with Crippen molar-refractivity contribution < 1.29 is 4.79 Å². The lowest BCUT2D eigenvalue weighted by molar-refractivity contribution is 0.102. The number of halogens is 2. The van der Waals surface area contributed by atoms with E-state index in [-0.39, 0.29) is 11.6 Å². The Morgan fingerprint density at radius 3 is 2.37 bits per heavy atom. The highest BCUT2D eigenvalue weighted by molar-refractivity contribution is 6.42. The highest BCUT2D eigenvalue weighted by Gasteiger charge is 2.15. The van der Waals surface area contributed by atoms with E-state index in [4.69, 9.17) is 23.2 Å². The maximum Gasteiger partial charge on any atom is 0.274 e. The van der Waals surface area contributed by atoms with Gasteiger partial charge in [0, 0.05) is 43.1 Å². The highest BCUT2D eigenvalue weighted by atomic mass is 35.5. The van der Waals surface area contributed by atoms with E-state index >= 15 is 0 Å². The fraction of sp³-hybridized carbons (Fsp3) is 0.227. The Bertz CT molecular complexity index is 1050. The molecule has 1 amide bonds. The van der Waals surface area contributed by atoms with Crippen molar-refractivity contribution in [2.75, 3.05) is 43.4 Å². The SMILES string of the molecule is CN1CCN(c2ccc(NC(=O)c3cc(-c4ccc(Cl)c(Cl)c4)ncn3)cc2)CC1. The molecule has 6 nitrogen and oxygen atoms in total. The van der Waals surface area contributed by atoms with Crippen molar-refractivity contribution in [1.82, 2.24) is 14.9 Å². The van der Waals surface area contributed by atoms with Gasteiger partial charge in [0.05, 0.1) is 15.7 Å². The molecule has 30 heavy (non-hydrogen) atoms. The van der Waals surface area contributed by atoms with Gasteiger partial charge in [0.15, 0.2) is 0 Å². The van der Waals surface area contributed by atoms with Crippen molar-refractivity contribution in [2.24, 2.45) is 0 Å². The third-order valence-electron chi connectivity index (χ3n) is 5.11. The average molecular weight is 442 g/mol. The molecule has 1 N–H and O–H groups in total. The molecule has 1 aliphatic heterocycles. The lowest BCUT2D eigenvalue weighted by atomic mass is 10.1. The first-order chi connectivity index (χ1) is 14.5. The minimum atomic E-state index is -0.300. The number of likely N-dealkylation sites (N-methyl/N-ethyl adjacent to an activating group) is 1. The third-order valence-corrected chi connectivity index (χ3v) is 5.85. The molecule has 8 heteroatoms. The molecule has 2 heterocycles. The fourth-order valence-corrected chi connectivity index (χ4v) is 3.61. The van der Waals surface area contributed by atoms with Crippen LogP contribution < -0.4 is 10.2 Å². The summed E-state index contributed by atoms with van der Waals surface area (Å²) in [5.74, 6) is -0.300. The molecular formula is C22H21Cl2N5O. The summed E-state index contributed by atoms with van der Waals surface area (Å²) in [6.07, 6.45) is 1.36. The summed E-state index contributed by atoms with van der Waals surface area (Å²) in [7, 11) is 2.13. The number of anilines is 2. The molecule has 3 aromatic rings. The van der Waals surface area contributed by atoms with Gasteiger partial charge in [-0.05, 0) is 49.5 Å². The van der Waals surface area contributed by atoms with Crippen LogP contribution >= 0.6 is 23.2 Å². The molecule has 0 bridgehead atoms. The summed E-state index contributed by atoms with van der Waals surface area (Å²) >= 11 is 12.1. The molecule has 0 atom stereocenters. The van der Waals surface area contributed by atoms with Gasteiger partial charge >= 0.3 is 0 Å². The third kappa shape index (κ3) is 4.73. The second kappa shape index (κ2) is 9.00. The van der Waals surface area contributed by atoms with Crippen LogP contribution in [-0.4, -0.2) is 54.0 Å². The number of amides is 1. The Balaban J connectivity index is 1.45. The molecule has 1 aromatic heterocycles. The van der Waals surface area contributed by atoms with Crippen molar-refractivity contribution >= 4 is 40.5 Å². The average Bonchev–Trinajstić information content (AvgIpc) is 2.77.